The van der Waals surface area contributed by atoms with E-state index in [9.17, 15) is 4.79 Å². The maximum atomic E-state index is 11.5. The van der Waals surface area contributed by atoms with Gasteiger partial charge < -0.3 is 11.1 Å². The maximum absolute atomic E-state index is 11.5. The zero-order valence-electron chi connectivity index (χ0n) is 9.27. The van der Waals surface area contributed by atoms with Crippen LogP contribution in [0.15, 0.2) is 6.20 Å². The number of hydrogen-bond acceptors (Lipinski definition) is 4. The van der Waals surface area contributed by atoms with E-state index in [2.05, 4.69) is 29.5 Å². The molecule has 15 heavy (non-hydrogen) atoms. The van der Waals surface area contributed by atoms with Crippen LogP contribution in [-0.2, 0) is 11.3 Å². The number of nitrogen functional groups attached to an aromatic ring is 1. The van der Waals surface area contributed by atoms with Gasteiger partial charge in [-0.15, -0.1) is 5.10 Å². The molecule has 1 rings (SSSR count). The van der Waals surface area contributed by atoms with Gasteiger partial charge in [0.05, 0.1) is 6.20 Å². The second-order valence-electron chi connectivity index (χ2n) is 3.94. The highest BCUT2D eigenvalue weighted by atomic mass is 16.2. The minimum Gasteiger partial charge on any atom is -0.381 e. The number of rotatable bonds is 4. The van der Waals surface area contributed by atoms with Crippen molar-refractivity contribution in [2.45, 2.75) is 33.4 Å². The topological polar surface area (TPSA) is 85.8 Å². The molecule has 1 heterocycles. The number of amides is 1. The van der Waals surface area contributed by atoms with Crippen molar-refractivity contribution in [3.63, 3.8) is 0 Å². The van der Waals surface area contributed by atoms with E-state index in [-0.39, 0.29) is 18.5 Å². The Morgan fingerprint density at radius 1 is 1.60 bits per heavy atom. The summed E-state index contributed by atoms with van der Waals surface area (Å²) in [6.07, 6.45) is 1.53. The fraction of sp³-hybridized carbons (Fsp3) is 0.667. The number of nitrogens with one attached hydrogen (secondary N) is 1. The minimum absolute atomic E-state index is 0.0823. The Balaban J connectivity index is 2.43. The third-order valence-corrected chi connectivity index (χ3v) is 2.25. The van der Waals surface area contributed by atoms with Gasteiger partial charge in [-0.1, -0.05) is 19.1 Å². The van der Waals surface area contributed by atoms with Gasteiger partial charge in [0, 0.05) is 6.04 Å². The first kappa shape index (κ1) is 11.5. The van der Waals surface area contributed by atoms with E-state index in [1.165, 1.54) is 10.9 Å². The zero-order chi connectivity index (χ0) is 11.4. The highest BCUT2D eigenvalue weighted by Crippen LogP contribution is 2.00. The maximum Gasteiger partial charge on any atom is 0.242 e. The van der Waals surface area contributed by atoms with Crippen LogP contribution in [0.25, 0.3) is 0 Å². The number of carbonyl (C=O) groups is 1. The Morgan fingerprint density at radius 3 is 2.73 bits per heavy atom. The number of carbonyl (C=O) groups excluding carboxylic acids is 1. The molecule has 0 aliphatic rings. The molecule has 0 saturated heterocycles. The summed E-state index contributed by atoms with van der Waals surface area (Å²) in [4.78, 5) is 11.5. The Hall–Kier alpha value is -1.59. The molecule has 1 unspecified atom stereocenters. The molecule has 1 aromatic rings. The fourth-order valence-electron chi connectivity index (χ4n) is 1.00. The molecule has 0 saturated carbocycles. The summed E-state index contributed by atoms with van der Waals surface area (Å²) >= 11 is 0. The van der Waals surface area contributed by atoms with Crippen molar-refractivity contribution in [3.05, 3.63) is 6.20 Å². The van der Waals surface area contributed by atoms with Crippen LogP contribution < -0.4 is 11.1 Å². The third kappa shape index (κ3) is 3.57. The molecule has 84 valence electrons. The van der Waals surface area contributed by atoms with Gasteiger partial charge in [-0.05, 0) is 12.8 Å². The largest absolute Gasteiger partial charge is 0.381 e. The number of aromatic nitrogens is 3. The molecule has 0 aliphatic carbocycles. The van der Waals surface area contributed by atoms with Gasteiger partial charge in [-0.3, -0.25) is 4.79 Å². The molecule has 1 amide bonds. The molecule has 0 spiro atoms. The lowest BCUT2D eigenvalue weighted by molar-refractivity contribution is -0.122. The van der Waals surface area contributed by atoms with Crippen molar-refractivity contribution in [2.75, 3.05) is 5.73 Å². The number of nitrogens with zero attached hydrogens (tertiary/aromatic N) is 3. The molecule has 6 nitrogen and oxygen atoms in total. The smallest absolute Gasteiger partial charge is 0.242 e. The Bertz CT molecular complexity index is 333. The van der Waals surface area contributed by atoms with Gasteiger partial charge in [0.25, 0.3) is 0 Å². The first-order chi connectivity index (χ1) is 6.99. The number of anilines is 1. The summed E-state index contributed by atoms with van der Waals surface area (Å²) in [5.74, 6) is 0.649. The van der Waals surface area contributed by atoms with Crippen molar-refractivity contribution in [1.29, 1.82) is 0 Å². The van der Waals surface area contributed by atoms with E-state index in [1.54, 1.807) is 0 Å². The normalized spacial score (nSPS) is 12.8. The molecule has 6 heteroatoms. The van der Waals surface area contributed by atoms with Crippen LogP contribution in [-0.4, -0.2) is 26.9 Å². The van der Waals surface area contributed by atoms with Crippen LogP contribution in [0, 0.1) is 5.92 Å². The molecule has 0 bridgehead atoms. The average Bonchev–Trinajstić information content (AvgIpc) is 2.50. The lowest BCUT2D eigenvalue weighted by Gasteiger charge is -2.17. The zero-order valence-corrected chi connectivity index (χ0v) is 9.27. The van der Waals surface area contributed by atoms with Crippen molar-refractivity contribution >= 4 is 11.7 Å². The Kier molecular flexibility index (Phi) is 3.65. The molecule has 0 aromatic carbocycles. The lowest BCUT2D eigenvalue weighted by atomic mass is 10.1. The predicted molar refractivity (Wildman–Crippen MR) is 56.9 cm³/mol. The van der Waals surface area contributed by atoms with E-state index in [1.807, 2.05) is 6.92 Å². The van der Waals surface area contributed by atoms with Crippen LogP contribution in [0.1, 0.15) is 20.8 Å². The van der Waals surface area contributed by atoms with Crippen molar-refractivity contribution < 1.29 is 4.79 Å². The molecule has 0 fully saturated rings. The summed E-state index contributed by atoms with van der Waals surface area (Å²) in [5, 5.41) is 10.2. The van der Waals surface area contributed by atoms with Crippen LogP contribution in [0.4, 0.5) is 5.82 Å². The van der Waals surface area contributed by atoms with Gasteiger partial charge in [0.1, 0.15) is 6.54 Å². The van der Waals surface area contributed by atoms with Gasteiger partial charge in [-0.25, -0.2) is 4.68 Å². The predicted octanol–water partition coefficient (Wildman–Crippen LogP) is 0.0210. The van der Waals surface area contributed by atoms with E-state index in [0.29, 0.717) is 11.7 Å². The SMILES string of the molecule is CC(C)C(C)NC(=O)Cn1cc(N)nn1. The van der Waals surface area contributed by atoms with Gasteiger partial charge in [-0.2, -0.15) is 0 Å². The fourth-order valence-corrected chi connectivity index (χ4v) is 1.00. The molecule has 0 radical (unpaired) electrons. The lowest BCUT2D eigenvalue weighted by Crippen LogP contribution is -2.38. The van der Waals surface area contributed by atoms with Crippen molar-refractivity contribution in [1.82, 2.24) is 20.3 Å². The number of nitrogens with two attached hydrogens (primary N) is 1. The van der Waals surface area contributed by atoms with Crippen molar-refractivity contribution in [3.8, 4) is 0 Å². The van der Waals surface area contributed by atoms with E-state index < -0.39 is 0 Å². The van der Waals surface area contributed by atoms with Crippen molar-refractivity contribution in [2.24, 2.45) is 5.92 Å². The number of hydrogen-bond donors (Lipinski definition) is 2. The summed E-state index contributed by atoms with van der Waals surface area (Å²) in [6.45, 7) is 6.23. The molecule has 1 aromatic heterocycles. The molecule has 0 aliphatic heterocycles. The monoisotopic (exact) mass is 211 g/mol. The first-order valence-electron chi connectivity index (χ1n) is 4.94. The van der Waals surface area contributed by atoms with E-state index >= 15 is 0 Å². The van der Waals surface area contributed by atoms with Crippen LogP contribution in [0.5, 0.6) is 0 Å². The van der Waals surface area contributed by atoms with Gasteiger partial charge >= 0.3 is 0 Å². The second kappa shape index (κ2) is 4.77. The summed E-state index contributed by atoms with van der Waals surface area (Å²) < 4.78 is 1.41. The van der Waals surface area contributed by atoms with Gasteiger partial charge in [0.15, 0.2) is 5.82 Å². The van der Waals surface area contributed by atoms with Crippen LogP contribution >= 0.6 is 0 Å². The highest BCUT2D eigenvalue weighted by Gasteiger charge is 2.11. The summed E-state index contributed by atoms with van der Waals surface area (Å²) in [5.41, 5.74) is 5.38. The highest BCUT2D eigenvalue weighted by molar-refractivity contribution is 5.75. The molecular formula is C9H17N5O. The third-order valence-electron chi connectivity index (χ3n) is 2.25. The molecule has 1 atom stereocenters. The average molecular weight is 211 g/mol. The molecule has 3 N–H and O–H groups in total. The standard InChI is InChI=1S/C9H17N5O/c1-6(2)7(3)11-9(15)5-14-4-8(10)12-13-14/h4,6-7H,5,10H2,1-3H3,(H,11,15). The van der Waals surface area contributed by atoms with E-state index in [0.717, 1.165) is 0 Å². The Morgan fingerprint density at radius 2 is 2.27 bits per heavy atom. The van der Waals surface area contributed by atoms with Crippen LogP contribution in [0.2, 0.25) is 0 Å². The second-order valence-corrected chi connectivity index (χ2v) is 3.94. The quantitative estimate of drug-likeness (QED) is 0.735. The molecular weight excluding hydrogens is 194 g/mol. The van der Waals surface area contributed by atoms with Gasteiger partial charge in [0.2, 0.25) is 5.91 Å². The minimum atomic E-state index is -0.0823. The van der Waals surface area contributed by atoms with E-state index in [4.69, 9.17) is 5.73 Å². The summed E-state index contributed by atoms with van der Waals surface area (Å²) in [6, 6.07) is 0.151. The first-order valence-corrected chi connectivity index (χ1v) is 4.94. The Labute approximate surface area is 88.8 Å². The van der Waals surface area contributed by atoms with Crippen LogP contribution in [0.3, 0.4) is 0 Å². The summed E-state index contributed by atoms with van der Waals surface area (Å²) in [7, 11) is 0.